The van der Waals surface area contributed by atoms with Crippen LogP contribution in [0.15, 0.2) is 38.2 Å². The minimum atomic E-state index is 0.699. The number of rotatable bonds is 4. The molecule has 0 radical (unpaired) electrons. The summed E-state index contributed by atoms with van der Waals surface area (Å²) in [6.07, 6.45) is 0. The first-order chi connectivity index (χ1) is 8.81. The Labute approximate surface area is 116 Å². The summed E-state index contributed by atoms with van der Waals surface area (Å²) in [4.78, 5) is 4.40. The minimum absolute atomic E-state index is 0.699. The lowest BCUT2D eigenvalue weighted by Crippen LogP contribution is -1.74. The number of para-hydroxylation sites is 2. The molecule has 0 aliphatic heterocycles. The fourth-order valence-electron chi connectivity index (χ4n) is 1.38. The van der Waals surface area contributed by atoms with Gasteiger partial charge >= 0.3 is 0 Å². The maximum absolute atomic E-state index is 5.62. The van der Waals surface area contributed by atoms with Crippen LogP contribution in [0.3, 0.4) is 0 Å². The van der Waals surface area contributed by atoms with Crippen LogP contribution in [-0.4, -0.2) is 20.3 Å². The van der Waals surface area contributed by atoms with E-state index in [0.29, 0.717) is 5.22 Å². The Hall–Kier alpha value is -1.05. The van der Waals surface area contributed by atoms with Crippen LogP contribution in [0.25, 0.3) is 11.1 Å². The van der Waals surface area contributed by atoms with E-state index >= 15 is 0 Å². The maximum Gasteiger partial charge on any atom is 0.257 e. The normalized spacial score (nSPS) is 11.2. The highest BCUT2D eigenvalue weighted by Crippen LogP contribution is 2.30. The Morgan fingerprint density at radius 3 is 2.89 bits per heavy atom. The van der Waals surface area contributed by atoms with E-state index in [1.165, 1.54) is 0 Å². The number of nitrogens with zero attached hydrogens (tertiary/aromatic N) is 3. The van der Waals surface area contributed by atoms with Gasteiger partial charge in [0.05, 0.1) is 5.08 Å². The molecule has 2 aromatic heterocycles. The predicted molar refractivity (Wildman–Crippen MR) is 75.2 cm³/mol. The quantitative estimate of drug-likeness (QED) is 0.538. The van der Waals surface area contributed by atoms with Gasteiger partial charge in [0.1, 0.15) is 10.5 Å². The van der Waals surface area contributed by atoms with Crippen LogP contribution in [0.2, 0.25) is 0 Å². The zero-order chi connectivity index (χ0) is 12.4. The summed E-state index contributed by atoms with van der Waals surface area (Å²) in [5, 5.41) is 10.5. The van der Waals surface area contributed by atoms with Crippen LogP contribution in [-0.2, 0) is 0 Å². The monoisotopic (exact) mass is 295 g/mol. The smallest absolute Gasteiger partial charge is 0.257 e. The van der Waals surface area contributed by atoms with E-state index in [0.717, 1.165) is 25.5 Å². The molecule has 3 rings (SSSR count). The molecule has 0 aliphatic rings. The van der Waals surface area contributed by atoms with Crippen molar-refractivity contribution in [1.29, 1.82) is 0 Å². The van der Waals surface area contributed by atoms with Gasteiger partial charge in [0.2, 0.25) is 0 Å². The molecule has 0 aliphatic carbocycles. The van der Waals surface area contributed by atoms with E-state index in [2.05, 4.69) is 15.2 Å². The molecule has 1 aromatic carbocycles. The van der Waals surface area contributed by atoms with Crippen LogP contribution in [0.4, 0.5) is 0 Å². The molecular formula is C11H9N3OS3. The van der Waals surface area contributed by atoms with Crippen molar-refractivity contribution in [2.45, 2.75) is 16.5 Å². The highest BCUT2D eigenvalue weighted by atomic mass is 32.2. The van der Waals surface area contributed by atoms with Gasteiger partial charge < -0.3 is 4.42 Å². The first-order valence-electron chi connectivity index (χ1n) is 5.22. The SMILES string of the molecule is Cc1nnc(SCSc2nc3ccccc3o2)s1. The molecule has 2 heterocycles. The van der Waals surface area contributed by atoms with Gasteiger partial charge in [-0.3, -0.25) is 0 Å². The zero-order valence-electron chi connectivity index (χ0n) is 9.49. The van der Waals surface area contributed by atoms with Gasteiger partial charge in [-0.2, -0.15) is 0 Å². The van der Waals surface area contributed by atoms with E-state index in [1.54, 1.807) is 34.9 Å². The van der Waals surface area contributed by atoms with Crippen LogP contribution >= 0.6 is 34.9 Å². The first-order valence-corrected chi connectivity index (χ1v) is 8.01. The lowest BCUT2D eigenvalue weighted by atomic mass is 10.3. The highest BCUT2D eigenvalue weighted by molar-refractivity contribution is 8.16. The topological polar surface area (TPSA) is 51.8 Å². The fourth-order valence-corrected chi connectivity index (χ4v) is 4.28. The zero-order valence-corrected chi connectivity index (χ0v) is 11.9. The molecule has 0 unspecified atom stereocenters. The third kappa shape index (κ3) is 2.68. The summed E-state index contributed by atoms with van der Waals surface area (Å²) in [6.45, 7) is 1.95. The second-order valence-electron chi connectivity index (χ2n) is 3.44. The van der Waals surface area contributed by atoms with Gasteiger partial charge in [-0.1, -0.05) is 47.0 Å². The van der Waals surface area contributed by atoms with Crippen LogP contribution in [0.1, 0.15) is 5.01 Å². The van der Waals surface area contributed by atoms with Crippen molar-refractivity contribution in [1.82, 2.24) is 15.2 Å². The first kappa shape index (κ1) is 12.0. The van der Waals surface area contributed by atoms with E-state index in [-0.39, 0.29) is 0 Å². The average Bonchev–Trinajstić information content (AvgIpc) is 2.95. The molecule has 0 bridgehead atoms. The van der Waals surface area contributed by atoms with E-state index in [9.17, 15) is 0 Å². The van der Waals surface area contributed by atoms with Gasteiger partial charge in [-0.15, -0.1) is 10.2 Å². The van der Waals surface area contributed by atoms with Crippen molar-refractivity contribution in [3.05, 3.63) is 29.3 Å². The molecule has 0 fully saturated rings. The maximum atomic E-state index is 5.62. The van der Waals surface area contributed by atoms with Crippen LogP contribution in [0, 0.1) is 6.92 Å². The molecule has 0 amide bonds. The molecule has 7 heteroatoms. The van der Waals surface area contributed by atoms with Crippen molar-refractivity contribution in [2.24, 2.45) is 0 Å². The summed E-state index contributed by atoms with van der Waals surface area (Å²) in [5.41, 5.74) is 1.73. The molecule has 0 spiro atoms. The number of aryl methyl sites for hydroxylation is 1. The van der Waals surface area contributed by atoms with Crippen molar-refractivity contribution >= 4 is 46.0 Å². The molecule has 0 saturated heterocycles. The standard InChI is InChI=1S/C11H9N3OS3/c1-7-13-14-11(18-7)17-6-16-10-12-8-4-2-3-5-9(8)15-10/h2-5H,6H2,1H3. The summed E-state index contributed by atoms with van der Waals surface area (Å²) >= 11 is 4.83. The Bertz CT molecular complexity index is 631. The Kier molecular flexibility index (Phi) is 3.53. The number of aromatic nitrogens is 3. The summed E-state index contributed by atoms with van der Waals surface area (Å²) in [6, 6.07) is 7.77. The molecule has 0 atom stereocenters. The Balaban J connectivity index is 1.62. The number of thioether (sulfide) groups is 2. The largest absolute Gasteiger partial charge is 0.431 e. The van der Waals surface area contributed by atoms with Gasteiger partial charge in [0.15, 0.2) is 9.92 Å². The van der Waals surface area contributed by atoms with Crippen molar-refractivity contribution in [3.8, 4) is 0 Å². The minimum Gasteiger partial charge on any atom is -0.431 e. The molecule has 3 aromatic rings. The molecular weight excluding hydrogens is 286 g/mol. The molecule has 4 nitrogen and oxygen atoms in total. The van der Waals surface area contributed by atoms with Gasteiger partial charge in [0, 0.05) is 0 Å². The lowest BCUT2D eigenvalue weighted by Gasteiger charge is -1.92. The van der Waals surface area contributed by atoms with Crippen LogP contribution < -0.4 is 0 Å². The summed E-state index contributed by atoms with van der Waals surface area (Å²) < 4.78 is 6.60. The molecule has 18 heavy (non-hydrogen) atoms. The summed E-state index contributed by atoms with van der Waals surface area (Å²) in [7, 11) is 0. The third-order valence-electron chi connectivity index (χ3n) is 2.15. The average molecular weight is 295 g/mol. The number of fused-ring (bicyclic) bond motifs is 1. The second-order valence-corrected chi connectivity index (χ2v) is 7.14. The predicted octanol–water partition coefficient (Wildman–Crippen LogP) is 3.83. The number of hydrogen-bond acceptors (Lipinski definition) is 7. The van der Waals surface area contributed by atoms with Crippen molar-refractivity contribution in [2.75, 3.05) is 5.08 Å². The molecule has 0 N–H and O–H groups in total. The number of hydrogen-bond donors (Lipinski definition) is 0. The van der Waals surface area contributed by atoms with Crippen molar-refractivity contribution < 1.29 is 4.42 Å². The lowest BCUT2D eigenvalue weighted by molar-refractivity contribution is 0.490. The molecule has 0 saturated carbocycles. The van der Waals surface area contributed by atoms with Gasteiger partial charge in [-0.05, 0) is 19.1 Å². The highest BCUT2D eigenvalue weighted by Gasteiger charge is 2.07. The number of benzene rings is 1. The Morgan fingerprint density at radius 2 is 2.11 bits per heavy atom. The molecule has 92 valence electrons. The number of oxazole rings is 1. The van der Waals surface area contributed by atoms with E-state index < -0.39 is 0 Å². The third-order valence-corrected chi connectivity index (χ3v) is 5.08. The van der Waals surface area contributed by atoms with Crippen molar-refractivity contribution in [3.63, 3.8) is 0 Å². The van der Waals surface area contributed by atoms with E-state index in [4.69, 9.17) is 4.42 Å². The summed E-state index contributed by atoms with van der Waals surface area (Å²) in [5.74, 6) is 0. The fraction of sp³-hybridized carbons (Fsp3) is 0.182. The van der Waals surface area contributed by atoms with E-state index in [1.807, 2.05) is 31.2 Å². The van der Waals surface area contributed by atoms with Gasteiger partial charge in [-0.25, -0.2) is 4.98 Å². The second kappa shape index (κ2) is 5.29. The van der Waals surface area contributed by atoms with Crippen LogP contribution in [0.5, 0.6) is 0 Å². The van der Waals surface area contributed by atoms with Gasteiger partial charge in [0.25, 0.3) is 5.22 Å². The Morgan fingerprint density at radius 1 is 1.22 bits per heavy atom.